The maximum Gasteiger partial charge on any atom is 0.326 e. The summed E-state index contributed by atoms with van der Waals surface area (Å²) in [4.78, 5) is 37.7. The van der Waals surface area contributed by atoms with Gasteiger partial charge in [-0.3, -0.25) is 14.5 Å². The first-order valence-corrected chi connectivity index (χ1v) is 7.45. The highest BCUT2D eigenvalue weighted by atomic mass is 16.2. The van der Waals surface area contributed by atoms with Gasteiger partial charge >= 0.3 is 6.03 Å². The van der Waals surface area contributed by atoms with E-state index >= 15 is 0 Å². The molecule has 0 atom stereocenters. The van der Waals surface area contributed by atoms with E-state index < -0.39 is 0 Å². The first kappa shape index (κ1) is 16.0. The average Bonchev–Trinajstić information content (AvgIpc) is 2.74. The number of nitrogens with one attached hydrogen (secondary N) is 1. The summed E-state index contributed by atoms with van der Waals surface area (Å²) in [5.74, 6) is -0.320. The second-order valence-corrected chi connectivity index (χ2v) is 5.39. The molecule has 6 nitrogen and oxygen atoms in total. The van der Waals surface area contributed by atoms with E-state index in [1.807, 2.05) is 24.3 Å². The fourth-order valence-corrected chi connectivity index (χ4v) is 2.33. The number of hydrogen-bond acceptors (Lipinski definition) is 3. The molecule has 22 heavy (non-hydrogen) atoms. The Kier molecular flexibility index (Phi) is 5.14. The van der Waals surface area contributed by atoms with E-state index in [0.29, 0.717) is 6.42 Å². The van der Waals surface area contributed by atoms with Crippen molar-refractivity contribution in [2.75, 3.05) is 25.5 Å². The van der Waals surface area contributed by atoms with Crippen molar-refractivity contribution in [3.63, 3.8) is 0 Å². The van der Waals surface area contributed by atoms with Gasteiger partial charge < -0.3 is 10.2 Å². The minimum Gasteiger partial charge on any atom is -0.326 e. The normalized spacial score (nSPS) is 14.6. The van der Waals surface area contributed by atoms with E-state index in [1.54, 1.807) is 7.05 Å². The van der Waals surface area contributed by atoms with Gasteiger partial charge in [0.2, 0.25) is 11.8 Å². The highest BCUT2D eigenvalue weighted by molar-refractivity contribution is 6.01. The van der Waals surface area contributed by atoms with Gasteiger partial charge in [0.1, 0.15) is 6.54 Å². The van der Waals surface area contributed by atoms with E-state index in [4.69, 9.17) is 0 Å². The van der Waals surface area contributed by atoms with Crippen molar-refractivity contribution in [3.8, 4) is 0 Å². The quantitative estimate of drug-likeness (QED) is 0.816. The molecule has 1 heterocycles. The monoisotopic (exact) mass is 303 g/mol. The number of hydrogen-bond donors (Lipinski definition) is 1. The zero-order valence-corrected chi connectivity index (χ0v) is 13.0. The summed E-state index contributed by atoms with van der Waals surface area (Å²) in [6, 6.07) is 7.42. The van der Waals surface area contributed by atoms with Gasteiger partial charge in [-0.05, 0) is 30.5 Å². The summed E-state index contributed by atoms with van der Waals surface area (Å²) in [5.41, 5.74) is 1.98. The molecule has 1 fully saturated rings. The molecule has 1 saturated heterocycles. The highest BCUT2D eigenvalue weighted by Gasteiger charge is 2.32. The number of urea groups is 1. The van der Waals surface area contributed by atoms with Crippen LogP contribution in [0, 0.1) is 0 Å². The lowest BCUT2D eigenvalue weighted by atomic mass is 10.1. The Morgan fingerprint density at radius 3 is 2.45 bits per heavy atom. The SMILES string of the molecule is CCc1ccc(NC(=O)CCCN2C(=O)CN(C)C2=O)cc1. The van der Waals surface area contributed by atoms with Crippen molar-refractivity contribution in [2.45, 2.75) is 26.2 Å². The largest absolute Gasteiger partial charge is 0.326 e. The van der Waals surface area contributed by atoms with E-state index in [9.17, 15) is 14.4 Å². The summed E-state index contributed by atoms with van der Waals surface area (Å²) < 4.78 is 0. The molecule has 0 aromatic heterocycles. The van der Waals surface area contributed by atoms with Crippen LogP contribution in [0.4, 0.5) is 10.5 Å². The molecule has 0 spiro atoms. The van der Waals surface area contributed by atoms with E-state index in [0.717, 1.165) is 12.1 Å². The van der Waals surface area contributed by atoms with Crippen LogP contribution in [0.25, 0.3) is 0 Å². The third-order valence-electron chi connectivity index (χ3n) is 3.66. The number of carbonyl (C=O) groups is 3. The number of carbonyl (C=O) groups excluding carboxylic acids is 3. The molecule has 0 radical (unpaired) electrons. The Hall–Kier alpha value is -2.37. The van der Waals surface area contributed by atoms with Gasteiger partial charge in [-0.1, -0.05) is 19.1 Å². The van der Waals surface area contributed by atoms with Crippen molar-refractivity contribution in [2.24, 2.45) is 0 Å². The van der Waals surface area contributed by atoms with Crippen LogP contribution >= 0.6 is 0 Å². The highest BCUT2D eigenvalue weighted by Crippen LogP contribution is 2.12. The topological polar surface area (TPSA) is 69.7 Å². The van der Waals surface area contributed by atoms with E-state index in [1.165, 1.54) is 15.4 Å². The van der Waals surface area contributed by atoms with Crippen LogP contribution in [-0.2, 0) is 16.0 Å². The Morgan fingerprint density at radius 1 is 1.23 bits per heavy atom. The lowest BCUT2D eigenvalue weighted by Crippen LogP contribution is -2.32. The van der Waals surface area contributed by atoms with Crippen molar-refractivity contribution >= 4 is 23.5 Å². The Bertz CT molecular complexity index is 569. The van der Waals surface area contributed by atoms with Gasteiger partial charge in [0.25, 0.3) is 0 Å². The van der Waals surface area contributed by atoms with Crippen molar-refractivity contribution < 1.29 is 14.4 Å². The van der Waals surface area contributed by atoms with Gasteiger partial charge in [0, 0.05) is 25.7 Å². The van der Waals surface area contributed by atoms with Crippen LogP contribution in [0.1, 0.15) is 25.3 Å². The zero-order chi connectivity index (χ0) is 16.1. The standard InChI is InChI=1S/C16H21N3O3/c1-3-12-6-8-13(9-7-12)17-14(20)5-4-10-19-15(21)11-18(2)16(19)22/h6-9H,3-5,10-11H2,1-2H3,(H,17,20). The minimum absolute atomic E-state index is 0.114. The molecule has 1 aliphatic rings. The molecule has 1 aliphatic heterocycles. The number of imide groups is 1. The lowest BCUT2D eigenvalue weighted by Gasteiger charge is -2.13. The van der Waals surface area contributed by atoms with Crippen LogP contribution in [0.15, 0.2) is 24.3 Å². The molecule has 0 unspecified atom stereocenters. The molecule has 1 aromatic rings. The van der Waals surface area contributed by atoms with Gasteiger partial charge in [0.15, 0.2) is 0 Å². The van der Waals surface area contributed by atoms with Crippen LogP contribution < -0.4 is 5.32 Å². The van der Waals surface area contributed by atoms with Crippen LogP contribution in [0.5, 0.6) is 0 Å². The molecule has 0 saturated carbocycles. The summed E-state index contributed by atoms with van der Waals surface area (Å²) in [6.07, 6.45) is 1.70. The average molecular weight is 303 g/mol. The van der Waals surface area contributed by atoms with Crippen molar-refractivity contribution in [1.29, 1.82) is 0 Å². The number of anilines is 1. The van der Waals surface area contributed by atoms with Crippen LogP contribution in [-0.4, -0.2) is 47.8 Å². The third kappa shape index (κ3) is 3.84. The van der Waals surface area contributed by atoms with Crippen molar-refractivity contribution in [3.05, 3.63) is 29.8 Å². The van der Waals surface area contributed by atoms with Crippen LogP contribution in [0.3, 0.4) is 0 Å². The number of likely N-dealkylation sites (N-methyl/N-ethyl adjacent to an activating group) is 1. The third-order valence-corrected chi connectivity index (χ3v) is 3.66. The summed E-state index contributed by atoms with van der Waals surface area (Å²) in [7, 11) is 1.59. The number of aryl methyl sites for hydroxylation is 1. The molecule has 1 aromatic carbocycles. The maximum atomic E-state index is 11.9. The number of benzene rings is 1. The van der Waals surface area contributed by atoms with E-state index in [2.05, 4.69) is 12.2 Å². The fraction of sp³-hybridized carbons (Fsp3) is 0.438. The lowest BCUT2D eigenvalue weighted by molar-refractivity contribution is -0.125. The fourth-order valence-electron chi connectivity index (χ4n) is 2.33. The predicted octanol–water partition coefficient (Wildman–Crippen LogP) is 1.86. The molecule has 4 amide bonds. The molecular formula is C16H21N3O3. The summed E-state index contributed by atoms with van der Waals surface area (Å²) in [5, 5.41) is 2.81. The zero-order valence-electron chi connectivity index (χ0n) is 13.0. The van der Waals surface area contributed by atoms with Crippen LogP contribution in [0.2, 0.25) is 0 Å². The Balaban J connectivity index is 1.76. The molecule has 6 heteroatoms. The molecular weight excluding hydrogens is 282 g/mol. The number of rotatable bonds is 6. The van der Waals surface area contributed by atoms with E-state index in [-0.39, 0.29) is 37.4 Å². The smallest absolute Gasteiger partial charge is 0.326 e. The molecule has 0 aliphatic carbocycles. The molecule has 118 valence electrons. The number of nitrogens with zero attached hydrogens (tertiary/aromatic N) is 2. The first-order chi connectivity index (χ1) is 10.5. The van der Waals surface area contributed by atoms with Gasteiger partial charge in [-0.15, -0.1) is 0 Å². The van der Waals surface area contributed by atoms with Gasteiger partial charge in [-0.25, -0.2) is 4.79 Å². The Morgan fingerprint density at radius 2 is 1.91 bits per heavy atom. The molecule has 1 N–H and O–H groups in total. The van der Waals surface area contributed by atoms with Gasteiger partial charge in [-0.2, -0.15) is 0 Å². The number of amides is 4. The summed E-state index contributed by atoms with van der Waals surface area (Å²) in [6.45, 7) is 2.48. The molecule has 2 rings (SSSR count). The molecule has 0 bridgehead atoms. The maximum absolute atomic E-state index is 11.9. The predicted molar refractivity (Wildman–Crippen MR) is 83.4 cm³/mol. The second kappa shape index (κ2) is 7.06. The van der Waals surface area contributed by atoms with Gasteiger partial charge in [0.05, 0.1) is 0 Å². The Labute approximate surface area is 130 Å². The minimum atomic E-state index is -0.291. The first-order valence-electron chi connectivity index (χ1n) is 7.45. The summed E-state index contributed by atoms with van der Waals surface area (Å²) >= 11 is 0. The van der Waals surface area contributed by atoms with Crippen molar-refractivity contribution in [1.82, 2.24) is 9.80 Å². The second-order valence-electron chi connectivity index (χ2n) is 5.39.